The van der Waals surface area contributed by atoms with Gasteiger partial charge in [0, 0.05) is 11.6 Å². The number of pyridine rings is 1. The molecular weight excluding hydrogens is 414 g/mol. The fourth-order valence-corrected chi connectivity index (χ4v) is 4.16. The molecule has 0 saturated carbocycles. The Bertz CT molecular complexity index is 1480. The predicted octanol–water partition coefficient (Wildman–Crippen LogP) is 3.10. The molecule has 1 aliphatic rings. The van der Waals surface area contributed by atoms with Gasteiger partial charge in [0.05, 0.1) is 36.1 Å². The largest absolute Gasteiger partial charge is 0.497 e. The number of H-pyrrole nitrogens is 1. The molecule has 2 atom stereocenters. The Hall–Kier alpha value is -4.07. The van der Waals surface area contributed by atoms with Crippen molar-refractivity contribution in [2.24, 2.45) is 0 Å². The van der Waals surface area contributed by atoms with Crippen molar-refractivity contribution in [3.63, 3.8) is 0 Å². The number of aromatic nitrogens is 1. The molecule has 1 aliphatic heterocycles. The van der Waals surface area contributed by atoms with Gasteiger partial charge in [-0.05, 0) is 42.6 Å². The lowest BCUT2D eigenvalue weighted by Crippen LogP contribution is -2.35. The van der Waals surface area contributed by atoms with Crippen molar-refractivity contribution < 1.29 is 23.4 Å². The lowest BCUT2D eigenvalue weighted by Gasteiger charge is -2.17. The van der Waals surface area contributed by atoms with E-state index >= 15 is 0 Å². The molecule has 162 valence electrons. The Morgan fingerprint density at radius 3 is 2.72 bits per heavy atom. The minimum atomic E-state index is -1.20. The van der Waals surface area contributed by atoms with Gasteiger partial charge in [-0.2, -0.15) is 0 Å². The third-order valence-electron chi connectivity index (χ3n) is 5.59. The van der Waals surface area contributed by atoms with Crippen molar-refractivity contribution in [2.45, 2.75) is 18.9 Å². The first-order valence-electron chi connectivity index (χ1n) is 10.1. The van der Waals surface area contributed by atoms with Crippen LogP contribution in [-0.2, 0) is 9.53 Å². The summed E-state index contributed by atoms with van der Waals surface area (Å²) < 4.78 is 21.9. The molecule has 0 fully saturated rings. The van der Waals surface area contributed by atoms with Crippen LogP contribution in [0.25, 0.3) is 21.9 Å². The smallest absolute Gasteiger partial charge is 0.348 e. The summed E-state index contributed by atoms with van der Waals surface area (Å²) in [6.07, 6.45) is -1.20. The first kappa shape index (κ1) is 19.9. The molecule has 5 rings (SSSR count). The van der Waals surface area contributed by atoms with Gasteiger partial charge in [-0.1, -0.05) is 12.1 Å². The van der Waals surface area contributed by atoms with Crippen molar-refractivity contribution in [1.82, 2.24) is 4.98 Å². The number of rotatable bonds is 4. The molecule has 2 aromatic heterocycles. The Balaban J connectivity index is 1.77. The zero-order chi connectivity index (χ0) is 22.4. The molecule has 4 aromatic rings. The average molecular weight is 433 g/mol. The van der Waals surface area contributed by atoms with Crippen LogP contribution in [0.2, 0.25) is 0 Å². The maximum Gasteiger partial charge on any atom is 0.348 e. The minimum absolute atomic E-state index is 0.125. The molecule has 0 radical (unpaired) electrons. The Morgan fingerprint density at radius 2 is 1.94 bits per heavy atom. The highest BCUT2D eigenvalue weighted by Crippen LogP contribution is 2.44. The molecule has 32 heavy (non-hydrogen) atoms. The number of esters is 1. The molecule has 8 nitrogen and oxygen atoms in total. The van der Waals surface area contributed by atoms with Crippen molar-refractivity contribution in [3.8, 4) is 11.5 Å². The summed E-state index contributed by atoms with van der Waals surface area (Å²) in [5, 5.41) is 1.25. The second-order valence-corrected chi connectivity index (χ2v) is 7.40. The quantitative estimate of drug-likeness (QED) is 0.389. The summed E-state index contributed by atoms with van der Waals surface area (Å²) in [7, 11) is 1.54. The van der Waals surface area contributed by atoms with E-state index in [1.54, 1.807) is 55.5 Å². The molecule has 0 amide bonds. The van der Waals surface area contributed by atoms with Gasteiger partial charge in [0.1, 0.15) is 17.1 Å². The summed E-state index contributed by atoms with van der Waals surface area (Å²) >= 11 is 0. The summed E-state index contributed by atoms with van der Waals surface area (Å²) in [5.41, 5.74) is 0.121. The normalized spacial score (nSPS) is 17.2. The fraction of sp³-hybridized carbons (Fsp3) is 0.208. The van der Waals surface area contributed by atoms with Gasteiger partial charge in [-0.15, -0.1) is 0 Å². The fourth-order valence-electron chi connectivity index (χ4n) is 4.16. The molecule has 0 bridgehead atoms. The van der Waals surface area contributed by atoms with Gasteiger partial charge >= 0.3 is 11.6 Å². The highest BCUT2D eigenvalue weighted by molar-refractivity contribution is 5.89. The average Bonchev–Trinajstić information content (AvgIpc) is 3.20. The molecule has 0 unspecified atom stereocenters. The van der Waals surface area contributed by atoms with Crippen LogP contribution >= 0.6 is 0 Å². The number of carbonyl (C=O) groups excluding carboxylic acids is 1. The van der Waals surface area contributed by atoms with Crippen molar-refractivity contribution in [1.29, 1.82) is 0 Å². The Morgan fingerprint density at radius 1 is 1.12 bits per heavy atom. The van der Waals surface area contributed by atoms with Crippen LogP contribution in [0.15, 0.2) is 62.5 Å². The van der Waals surface area contributed by atoms with E-state index in [0.717, 1.165) is 0 Å². The van der Waals surface area contributed by atoms with Crippen LogP contribution in [0, 0.1) is 0 Å². The Kier molecular flexibility index (Phi) is 4.70. The van der Waals surface area contributed by atoms with Gasteiger partial charge in [0.15, 0.2) is 0 Å². The molecule has 3 heterocycles. The molecule has 1 N–H and O–H groups in total. The monoisotopic (exact) mass is 433 g/mol. The van der Waals surface area contributed by atoms with Crippen molar-refractivity contribution in [2.75, 3.05) is 13.7 Å². The van der Waals surface area contributed by atoms with Gasteiger partial charge in [-0.3, -0.25) is 4.79 Å². The van der Waals surface area contributed by atoms with Crippen LogP contribution in [-0.4, -0.2) is 30.8 Å². The standard InChI is InChI=1S/C24H19NO7/c1-3-30-24(28)21-18(15-10-12-8-9-13(29-2)11-16(12)25-22(15)26)19-20(32-21)14-6-4-5-7-17(14)31-23(19)27/h4-11,18,21H,3H2,1-2H3,(H,25,26)/t18-,21-/m0/s1. The number of benzene rings is 2. The zero-order valence-corrected chi connectivity index (χ0v) is 17.3. The maximum absolute atomic E-state index is 13.1. The van der Waals surface area contributed by atoms with Gasteiger partial charge < -0.3 is 23.6 Å². The van der Waals surface area contributed by atoms with E-state index in [1.165, 1.54) is 7.11 Å². The van der Waals surface area contributed by atoms with Crippen molar-refractivity contribution in [3.05, 3.63) is 80.4 Å². The van der Waals surface area contributed by atoms with Crippen molar-refractivity contribution >= 4 is 27.8 Å². The Labute approximate surface area is 181 Å². The number of aromatic amines is 1. The van der Waals surface area contributed by atoms with E-state index in [9.17, 15) is 14.4 Å². The summed E-state index contributed by atoms with van der Waals surface area (Å²) in [5.74, 6) is -0.826. The zero-order valence-electron chi connectivity index (χ0n) is 17.3. The summed E-state index contributed by atoms with van der Waals surface area (Å²) in [4.78, 5) is 41.7. The van der Waals surface area contributed by atoms with Gasteiger partial charge in [0.25, 0.3) is 5.56 Å². The molecule has 0 spiro atoms. The number of carbonyl (C=O) groups is 1. The number of para-hydroxylation sites is 1. The number of hydrogen-bond acceptors (Lipinski definition) is 7. The summed E-state index contributed by atoms with van der Waals surface area (Å²) in [6, 6.07) is 13.8. The number of fused-ring (bicyclic) bond motifs is 4. The van der Waals surface area contributed by atoms with Crippen LogP contribution in [0.1, 0.15) is 24.0 Å². The SMILES string of the molecule is CCOC(=O)[C@H]1Oc2c(c(=O)oc3ccccc23)[C@@H]1c1cc2ccc(OC)cc2[nH]c1=O. The van der Waals surface area contributed by atoms with Gasteiger partial charge in [-0.25, -0.2) is 9.59 Å². The van der Waals surface area contributed by atoms with E-state index in [-0.39, 0.29) is 23.5 Å². The van der Waals surface area contributed by atoms with Crippen LogP contribution in [0.5, 0.6) is 11.5 Å². The van der Waals surface area contributed by atoms with Crippen LogP contribution < -0.4 is 20.7 Å². The second kappa shape index (κ2) is 7.56. The third-order valence-corrected chi connectivity index (χ3v) is 5.59. The van der Waals surface area contributed by atoms with E-state index < -0.39 is 29.2 Å². The van der Waals surface area contributed by atoms with Crippen LogP contribution in [0.4, 0.5) is 0 Å². The number of ether oxygens (including phenoxy) is 3. The lowest BCUT2D eigenvalue weighted by molar-refractivity contribution is -0.151. The minimum Gasteiger partial charge on any atom is -0.497 e. The number of hydrogen-bond donors (Lipinski definition) is 1. The lowest BCUT2D eigenvalue weighted by atomic mass is 9.88. The van der Waals surface area contributed by atoms with Crippen LogP contribution in [0.3, 0.4) is 0 Å². The highest BCUT2D eigenvalue weighted by atomic mass is 16.6. The second-order valence-electron chi connectivity index (χ2n) is 7.40. The summed E-state index contributed by atoms with van der Waals surface area (Å²) in [6.45, 7) is 1.81. The molecule has 2 aromatic carbocycles. The van der Waals surface area contributed by atoms with E-state index in [1.807, 2.05) is 0 Å². The predicted molar refractivity (Wildman–Crippen MR) is 116 cm³/mol. The maximum atomic E-state index is 13.1. The molecule has 0 aliphatic carbocycles. The van der Waals surface area contributed by atoms with Gasteiger partial charge in [0.2, 0.25) is 6.10 Å². The van der Waals surface area contributed by atoms with E-state index in [0.29, 0.717) is 27.6 Å². The molecule has 8 heteroatoms. The van der Waals surface area contributed by atoms with E-state index in [4.69, 9.17) is 18.6 Å². The topological polar surface area (TPSA) is 108 Å². The van der Waals surface area contributed by atoms with E-state index in [2.05, 4.69) is 4.98 Å². The first-order chi connectivity index (χ1) is 15.5. The third kappa shape index (κ3) is 3.03. The first-order valence-corrected chi connectivity index (χ1v) is 10.1. The highest BCUT2D eigenvalue weighted by Gasteiger charge is 2.46. The molecular formula is C24H19NO7. The number of nitrogens with one attached hydrogen (secondary N) is 1. The number of methoxy groups -OCH3 is 1. The molecule has 0 saturated heterocycles.